The molecule has 0 fully saturated rings. The molecule has 0 atom stereocenters. The van der Waals surface area contributed by atoms with Crippen LogP contribution in [-0.2, 0) is 0 Å². The minimum Gasteiger partial charge on any atom is -0.397 e. The third-order valence-electron chi connectivity index (χ3n) is 1.73. The van der Waals surface area contributed by atoms with Gasteiger partial charge in [0.2, 0.25) is 0 Å². The van der Waals surface area contributed by atoms with Gasteiger partial charge >= 0.3 is 0 Å². The summed E-state index contributed by atoms with van der Waals surface area (Å²) in [6.45, 7) is 0. The van der Waals surface area contributed by atoms with E-state index in [4.69, 9.17) is 11.5 Å². The number of halogens is 1. The normalized spacial score (nSPS) is 8.87. The molecular weight excluding hydrogens is 252 g/mol. The predicted octanol–water partition coefficient (Wildman–Crippen LogP) is 3.30. The van der Waals surface area contributed by atoms with Crippen LogP contribution in [0.1, 0.15) is 0 Å². The van der Waals surface area contributed by atoms with Crippen molar-refractivity contribution in [3.63, 3.8) is 0 Å². The van der Waals surface area contributed by atoms with E-state index in [0.717, 1.165) is 4.47 Å². The summed E-state index contributed by atoms with van der Waals surface area (Å²) in [6.07, 6.45) is 0. The summed E-state index contributed by atoms with van der Waals surface area (Å²) in [5.41, 5.74) is 12.1. The Bertz CT molecular complexity index is 380. The first kappa shape index (κ1) is 11.6. The lowest BCUT2D eigenvalue weighted by Crippen LogP contribution is -1.91. The lowest BCUT2D eigenvalue weighted by molar-refractivity contribution is 1.66. The largest absolute Gasteiger partial charge is 0.397 e. The van der Waals surface area contributed by atoms with Crippen molar-refractivity contribution in [2.24, 2.45) is 0 Å². The number of anilines is 2. The van der Waals surface area contributed by atoms with E-state index in [0.29, 0.717) is 11.4 Å². The van der Waals surface area contributed by atoms with Crippen LogP contribution < -0.4 is 11.5 Å². The number of nitrogens with two attached hydrogens (primary N) is 2. The van der Waals surface area contributed by atoms with Crippen molar-refractivity contribution in [1.82, 2.24) is 0 Å². The molecule has 0 amide bonds. The number of para-hydroxylation sites is 2. The Kier molecular flexibility index (Phi) is 4.71. The molecule has 0 bridgehead atoms. The van der Waals surface area contributed by atoms with Crippen molar-refractivity contribution in [1.29, 1.82) is 0 Å². The fraction of sp³-hybridized carbons (Fsp3) is 0. The van der Waals surface area contributed by atoms with Crippen LogP contribution in [0.2, 0.25) is 0 Å². The van der Waals surface area contributed by atoms with Crippen LogP contribution in [-0.4, -0.2) is 0 Å². The molecule has 0 radical (unpaired) electrons. The summed E-state index contributed by atoms with van der Waals surface area (Å²) in [5, 5.41) is 0. The highest BCUT2D eigenvalue weighted by Gasteiger charge is 1.85. The number of nitrogen functional groups attached to an aromatic ring is 2. The summed E-state index contributed by atoms with van der Waals surface area (Å²) in [5.74, 6) is 0. The Morgan fingerprint density at radius 2 is 1.07 bits per heavy atom. The molecule has 0 aliphatic heterocycles. The van der Waals surface area contributed by atoms with E-state index in [1.165, 1.54) is 0 Å². The SMILES string of the molecule is Brc1ccccc1.Nc1ccccc1N. The van der Waals surface area contributed by atoms with Crippen molar-refractivity contribution < 1.29 is 0 Å². The van der Waals surface area contributed by atoms with E-state index in [2.05, 4.69) is 15.9 Å². The van der Waals surface area contributed by atoms with E-state index in [9.17, 15) is 0 Å². The number of hydrogen-bond acceptors (Lipinski definition) is 2. The summed E-state index contributed by atoms with van der Waals surface area (Å²) < 4.78 is 1.13. The summed E-state index contributed by atoms with van der Waals surface area (Å²) in [7, 11) is 0. The molecule has 0 heterocycles. The second-order valence-electron chi connectivity index (χ2n) is 2.92. The highest BCUT2D eigenvalue weighted by atomic mass is 79.9. The van der Waals surface area contributed by atoms with Crippen molar-refractivity contribution in [2.75, 3.05) is 11.5 Å². The average molecular weight is 265 g/mol. The Morgan fingerprint density at radius 3 is 1.33 bits per heavy atom. The van der Waals surface area contributed by atoms with E-state index < -0.39 is 0 Å². The van der Waals surface area contributed by atoms with Crippen molar-refractivity contribution in [3.8, 4) is 0 Å². The molecule has 0 saturated carbocycles. The molecule has 15 heavy (non-hydrogen) atoms. The molecule has 0 aliphatic carbocycles. The van der Waals surface area contributed by atoms with Crippen LogP contribution in [0.5, 0.6) is 0 Å². The monoisotopic (exact) mass is 264 g/mol. The summed E-state index contributed by atoms with van der Waals surface area (Å²) in [4.78, 5) is 0. The Labute approximate surface area is 98.0 Å². The van der Waals surface area contributed by atoms with E-state index in [1.807, 2.05) is 42.5 Å². The third-order valence-corrected chi connectivity index (χ3v) is 2.26. The number of rotatable bonds is 0. The van der Waals surface area contributed by atoms with Gasteiger partial charge in [-0.2, -0.15) is 0 Å². The fourth-order valence-electron chi connectivity index (χ4n) is 0.926. The number of hydrogen-bond donors (Lipinski definition) is 2. The van der Waals surface area contributed by atoms with Gasteiger partial charge in [0.15, 0.2) is 0 Å². The topological polar surface area (TPSA) is 52.0 Å². The second kappa shape index (κ2) is 6.09. The van der Waals surface area contributed by atoms with Gasteiger partial charge in [-0.05, 0) is 24.3 Å². The van der Waals surface area contributed by atoms with Gasteiger partial charge in [-0.15, -0.1) is 0 Å². The van der Waals surface area contributed by atoms with Gasteiger partial charge in [-0.25, -0.2) is 0 Å². The molecule has 0 spiro atoms. The molecule has 2 rings (SSSR count). The fourth-order valence-corrected chi connectivity index (χ4v) is 1.23. The molecule has 2 aromatic carbocycles. The van der Waals surface area contributed by atoms with E-state index in [1.54, 1.807) is 12.1 Å². The van der Waals surface area contributed by atoms with Crippen LogP contribution in [0.15, 0.2) is 59.1 Å². The molecular formula is C12H13BrN2. The minimum absolute atomic E-state index is 0.646. The van der Waals surface area contributed by atoms with Crippen molar-refractivity contribution in [2.45, 2.75) is 0 Å². The maximum Gasteiger partial charge on any atom is 0.0547 e. The van der Waals surface area contributed by atoms with Gasteiger partial charge in [0, 0.05) is 4.47 Å². The molecule has 3 heteroatoms. The van der Waals surface area contributed by atoms with Crippen LogP contribution in [0.25, 0.3) is 0 Å². The molecule has 0 saturated heterocycles. The summed E-state index contributed by atoms with van der Waals surface area (Å²) >= 11 is 3.31. The minimum atomic E-state index is 0.646. The van der Waals surface area contributed by atoms with E-state index in [-0.39, 0.29) is 0 Å². The molecule has 0 aromatic heterocycles. The first-order chi connectivity index (χ1) is 7.20. The maximum absolute atomic E-state index is 5.39. The van der Waals surface area contributed by atoms with Gasteiger partial charge in [0.1, 0.15) is 0 Å². The van der Waals surface area contributed by atoms with Crippen LogP contribution in [0.4, 0.5) is 11.4 Å². The Morgan fingerprint density at radius 1 is 0.667 bits per heavy atom. The molecule has 78 valence electrons. The molecule has 0 aliphatic rings. The lowest BCUT2D eigenvalue weighted by atomic mass is 10.3. The second-order valence-corrected chi connectivity index (χ2v) is 3.84. The highest BCUT2D eigenvalue weighted by molar-refractivity contribution is 9.10. The molecule has 0 unspecified atom stereocenters. The van der Waals surface area contributed by atoms with Crippen LogP contribution in [0.3, 0.4) is 0 Å². The first-order valence-corrected chi connectivity index (χ1v) is 5.30. The van der Waals surface area contributed by atoms with Gasteiger partial charge in [-0.1, -0.05) is 46.3 Å². The smallest absolute Gasteiger partial charge is 0.0547 e. The Balaban J connectivity index is 0.000000151. The third kappa shape index (κ3) is 4.51. The quantitative estimate of drug-likeness (QED) is 0.718. The molecule has 4 N–H and O–H groups in total. The zero-order chi connectivity index (χ0) is 11.1. The van der Waals surface area contributed by atoms with Crippen molar-refractivity contribution >= 4 is 27.3 Å². The standard InChI is InChI=1S/C6H5Br.C6H8N2/c7-6-4-2-1-3-5-6;7-5-3-1-2-4-6(5)8/h1-5H;1-4H,7-8H2. The average Bonchev–Trinajstić information content (AvgIpc) is 2.25. The van der Waals surface area contributed by atoms with Gasteiger partial charge in [-0.3, -0.25) is 0 Å². The first-order valence-electron chi connectivity index (χ1n) is 4.50. The summed E-state index contributed by atoms with van der Waals surface area (Å²) in [6, 6.07) is 17.2. The predicted molar refractivity (Wildman–Crippen MR) is 69.4 cm³/mol. The Hall–Kier alpha value is -1.48. The van der Waals surface area contributed by atoms with Crippen molar-refractivity contribution in [3.05, 3.63) is 59.1 Å². The zero-order valence-corrected chi connectivity index (χ0v) is 9.81. The van der Waals surface area contributed by atoms with Gasteiger partial charge in [0.05, 0.1) is 11.4 Å². The maximum atomic E-state index is 5.39. The zero-order valence-electron chi connectivity index (χ0n) is 8.23. The van der Waals surface area contributed by atoms with Gasteiger partial charge in [0.25, 0.3) is 0 Å². The van der Waals surface area contributed by atoms with E-state index >= 15 is 0 Å². The van der Waals surface area contributed by atoms with Crippen LogP contribution in [0, 0.1) is 0 Å². The lowest BCUT2D eigenvalue weighted by Gasteiger charge is -1.94. The molecule has 2 aromatic rings. The van der Waals surface area contributed by atoms with Gasteiger partial charge < -0.3 is 11.5 Å². The highest BCUT2D eigenvalue weighted by Crippen LogP contribution is 2.10. The van der Waals surface area contributed by atoms with Crippen LogP contribution >= 0.6 is 15.9 Å². The molecule has 2 nitrogen and oxygen atoms in total. The number of benzene rings is 2.